The molecule has 2 aromatic rings. The minimum Gasteiger partial charge on any atom is -0.497 e. The van der Waals surface area contributed by atoms with Gasteiger partial charge in [0, 0.05) is 0 Å². The van der Waals surface area contributed by atoms with Gasteiger partial charge < -0.3 is 29.3 Å². The maximum Gasteiger partial charge on any atom is 0.338 e. The maximum absolute atomic E-state index is 12.6. The van der Waals surface area contributed by atoms with Gasteiger partial charge in [0.05, 0.1) is 37.7 Å². The van der Waals surface area contributed by atoms with Gasteiger partial charge in [0.25, 0.3) is 0 Å². The molecule has 1 aliphatic rings. The molecule has 1 aromatic carbocycles. The maximum atomic E-state index is 12.6. The van der Waals surface area contributed by atoms with E-state index in [2.05, 4.69) is 10.6 Å². The molecule has 1 atom stereocenters. The van der Waals surface area contributed by atoms with Gasteiger partial charge in [-0.25, -0.2) is 9.59 Å². The Morgan fingerprint density at radius 1 is 1.13 bits per heavy atom. The average Bonchev–Trinajstić information content (AvgIpc) is 3.27. The number of rotatable bonds is 8. The molecule has 2 amide bonds. The normalized spacial score (nSPS) is 15.8. The van der Waals surface area contributed by atoms with Gasteiger partial charge in [-0.1, -0.05) is 12.1 Å². The number of urea groups is 1. The van der Waals surface area contributed by atoms with Crippen molar-refractivity contribution in [3.63, 3.8) is 0 Å². The quantitative estimate of drug-likeness (QED) is 0.637. The van der Waals surface area contributed by atoms with Gasteiger partial charge >= 0.3 is 18.0 Å². The second-order valence-electron chi connectivity index (χ2n) is 6.35. The molecule has 0 spiro atoms. The van der Waals surface area contributed by atoms with Gasteiger partial charge in [-0.2, -0.15) is 0 Å². The van der Waals surface area contributed by atoms with E-state index in [4.69, 9.17) is 18.6 Å². The molecule has 0 saturated carbocycles. The third-order valence-corrected chi connectivity index (χ3v) is 4.36. The lowest BCUT2D eigenvalue weighted by atomic mass is 10.0. The van der Waals surface area contributed by atoms with E-state index in [1.165, 1.54) is 6.26 Å². The first-order valence-electron chi connectivity index (χ1n) is 9.31. The molecule has 9 nitrogen and oxygen atoms in total. The van der Waals surface area contributed by atoms with Crippen LogP contribution < -0.4 is 15.4 Å². The second kappa shape index (κ2) is 9.64. The zero-order valence-corrected chi connectivity index (χ0v) is 16.6. The fourth-order valence-electron chi connectivity index (χ4n) is 2.96. The van der Waals surface area contributed by atoms with E-state index in [9.17, 15) is 14.4 Å². The first-order chi connectivity index (χ1) is 14.5. The molecule has 2 heterocycles. The fourth-order valence-corrected chi connectivity index (χ4v) is 2.96. The van der Waals surface area contributed by atoms with Crippen molar-refractivity contribution in [2.75, 3.05) is 20.3 Å². The van der Waals surface area contributed by atoms with Gasteiger partial charge in [-0.15, -0.1) is 0 Å². The van der Waals surface area contributed by atoms with Crippen LogP contribution in [-0.2, 0) is 25.5 Å². The second-order valence-corrected chi connectivity index (χ2v) is 6.35. The van der Waals surface area contributed by atoms with Crippen LogP contribution in [0.1, 0.15) is 24.3 Å². The Balaban J connectivity index is 1.76. The topological polar surface area (TPSA) is 116 Å². The van der Waals surface area contributed by atoms with Crippen molar-refractivity contribution in [2.45, 2.75) is 19.4 Å². The molecule has 3 rings (SSSR count). The van der Waals surface area contributed by atoms with E-state index in [1.54, 1.807) is 50.4 Å². The predicted octanol–water partition coefficient (Wildman–Crippen LogP) is 2.25. The summed E-state index contributed by atoms with van der Waals surface area (Å²) in [5, 5.41) is 5.15. The number of carbonyl (C=O) groups is 3. The van der Waals surface area contributed by atoms with Crippen molar-refractivity contribution >= 4 is 18.0 Å². The Kier molecular flexibility index (Phi) is 6.74. The molecule has 0 radical (unpaired) electrons. The molecule has 30 heavy (non-hydrogen) atoms. The van der Waals surface area contributed by atoms with Crippen LogP contribution in [0.2, 0.25) is 0 Å². The Morgan fingerprint density at radius 2 is 1.90 bits per heavy atom. The third-order valence-electron chi connectivity index (χ3n) is 4.36. The monoisotopic (exact) mass is 414 g/mol. The highest BCUT2D eigenvalue weighted by molar-refractivity contribution is 5.95. The van der Waals surface area contributed by atoms with Gasteiger partial charge in [0.15, 0.2) is 0 Å². The number of ether oxygens (including phenoxy) is 3. The van der Waals surface area contributed by atoms with Gasteiger partial charge in [-0.3, -0.25) is 4.79 Å². The highest BCUT2D eigenvalue weighted by Crippen LogP contribution is 2.28. The first-order valence-corrected chi connectivity index (χ1v) is 9.31. The van der Waals surface area contributed by atoms with Crippen molar-refractivity contribution in [3.8, 4) is 5.75 Å². The van der Waals surface area contributed by atoms with Crippen molar-refractivity contribution < 1.29 is 33.0 Å². The van der Waals surface area contributed by atoms with E-state index in [-0.39, 0.29) is 30.9 Å². The van der Waals surface area contributed by atoms with Crippen molar-refractivity contribution in [2.24, 2.45) is 0 Å². The molecule has 0 bridgehead atoms. The van der Waals surface area contributed by atoms with Crippen LogP contribution in [0.4, 0.5) is 4.79 Å². The van der Waals surface area contributed by atoms with Crippen LogP contribution in [0, 0.1) is 0 Å². The summed E-state index contributed by atoms with van der Waals surface area (Å²) in [5.74, 6) is -0.126. The summed E-state index contributed by atoms with van der Waals surface area (Å²) in [6.45, 7) is 1.52. The Hall–Kier alpha value is -3.75. The molecule has 1 unspecified atom stereocenters. The van der Waals surface area contributed by atoms with Crippen molar-refractivity contribution in [1.29, 1.82) is 0 Å². The summed E-state index contributed by atoms with van der Waals surface area (Å²) >= 11 is 0. The summed E-state index contributed by atoms with van der Waals surface area (Å²) in [6, 6.07) is 8.85. The van der Waals surface area contributed by atoms with Crippen LogP contribution >= 0.6 is 0 Å². The highest BCUT2D eigenvalue weighted by atomic mass is 16.5. The number of amides is 2. The fraction of sp³-hybridized carbons (Fsp3) is 0.286. The van der Waals surface area contributed by atoms with E-state index in [0.29, 0.717) is 11.5 Å². The van der Waals surface area contributed by atoms with Crippen LogP contribution in [0.25, 0.3) is 0 Å². The third kappa shape index (κ3) is 4.99. The SMILES string of the molecule is CCOC(=O)C1=C(COC(=O)Cc2ccc(OC)cc2)NC(=O)NC1c1ccco1. The summed E-state index contributed by atoms with van der Waals surface area (Å²) in [7, 11) is 1.56. The Labute approximate surface area is 173 Å². The average molecular weight is 414 g/mol. The standard InChI is InChI=1S/C21H22N2O7/c1-3-28-20(25)18-15(22-21(26)23-19(18)16-5-4-10-29-16)12-30-17(24)11-13-6-8-14(27-2)9-7-13/h4-10,19H,3,11-12H2,1-2H3,(H2,22,23,26). The number of carbonyl (C=O) groups excluding carboxylic acids is 3. The molecule has 9 heteroatoms. The summed E-state index contributed by atoms with van der Waals surface area (Å²) in [6.07, 6.45) is 1.46. The summed E-state index contributed by atoms with van der Waals surface area (Å²) in [4.78, 5) is 36.9. The minimum atomic E-state index is -0.858. The van der Waals surface area contributed by atoms with Crippen LogP contribution in [0.15, 0.2) is 58.3 Å². The first kappa shape index (κ1) is 21.0. The van der Waals surface area contributed by atoms with Crippen LogP contribution in [0.5, 0.6) is 5.75 Å². The predicted molar refractivity (Wildman–Crippen MR) is 104 cm³/mol. The lowest BCUT2D eigenvalue weighted by Gasteiger charge is -2.27. The number of furan rings is 1. The summed E-state index contributed by atoms with van der Waals surface area (Å²) < 4.78 is 20.9. The number of hydrogen-bond acceptors (Lipinski definition) is 7. The Bertz CT molecular complexity index is 933. The Morgan fingerprint density at radius 3 is 2.53 bits per heavy atom. The molecule has 0 saturated heterocycles. The lowest BCUT2D eigenvalue weighted by Crippen LogP contribution is -2.47. The molecule has 158 valence electrons. The molecular weight excluding hydrogens is 392 g/mol. The number of hydrogen-bond donors (Lipinski definition) is 2. The van der Waals surface area contributed by atoms with Crippen molar-refractivity contribution in [1.82, 2.24) is 10.6 Å². The van der Waals surface area contributed by atoms with Gasteiger partial charge in [0.2, 0.25) is 0 Å². The van der Waals surface area contributed by atoms with E-state index in [0.717, 1.165) is 5.56 Å². The zero-order valence-electron chi connectivity index (χ0n) is 16.6. The molecule has 0 aliphatic carbocycles. The zero-order chi connectivity index (χ0) is 21.5. The smallest absolute Gasteiger partial charge is 0.338 e. The van der Waals surface area contributed by atoms with Gasteiger partial charge in [0.1, 0.15) is 24.2 Å². The molecule has 1 aromatic heterocycles. The van der Waals surface area contributed by atoms with E-state index in [1.807, 2.05) is 0 Å². The minimum absolute atomic E-state index is 0.0276. The van der Waals surface area contributed by atoms with E-state index < -0.39 is 24.0 Å². The number of nitrogens with one attached hydrogen (secondary N) is 2. The van der Waals surface area contributed by atoms with Crippen LogP contribution in [-0.4, -0.2) is 38.3 Å². The number of benzene rings is 1. The van der Waals surface area contributed by atoms with Crippen LogP contribution in [0.3, 0.4) is 0 Å². The lowest BCUT2D eigenvalue weighted by molar-refractivity contribution is -0.143. The number of esters is 2. The van der Waals surface area contributed by atoms with E-state index >= 15 is 0 Å². The van der Waals surface area contributed by atoms with Gasteiger partial charge in [-0.05, 0) is 36.8 Å². The molecule has 2 N–H and O–H groups in total. The number of methoxy groups -OCH3 is 1. The largest absolute Gasteiger partial charge is 0.497 e. The molecule has 0 fully saturated rings. The summed E-state index contributed by atoms with van der Waals surface area (Å²) in [5.41, 5.74) is 0.994. The highest BCUT2D eigenvalue weighted by Gasteiger charge is 2.35. The van der Waals surface area contributed by atoms with Crippen molar-refractivity contribution in [3.05, 3.63) is 65.3 Å². The molecular formula is C21H22N2O7. The molecule has 1 aliphatic heterocycles.